The lowest BCUT2D eigenvalue weighted by Gasteiger charge is -2.39. The minimum absolute atomic E-state index is 0.400. The van der Waals surface area contributed by atoms with Gasteiger partial charge in [-0.15, -0.1) is 0 Å². The first-order valence-corrected chi connectivity index (χ1v) is 17.5. The quantitative estimate of drug-likeness (QED) is 0.183. The maximum Gasteiger partial charge on any atom is 0.139 e. The van der Waals surface area contributed by atoms with Gasteiger partial charge in [0.05, 0.1) is 5.41 Å². The van der Waals surface area contributed by atoms with Gasteiger partial charge in [-0.3, -0.25) is 0 Å². The van der Waals surface area contributed by atoms with Gasteiger partial charge in [0.15, 0.2) is 0 Å². The molecule has 234 valence electrons. The topological polar surface area (TPSA) is 9.23 Å². The highest BCUT2D eigenvalue weighted by molar-refractivity contribution is 6.05. The normalized spacial score (nSPS) is 18.8. The Hall–Kier alpha value is -6.18. The molecule has 2 aliphatic carbocycles. The number of hydrogen-bond acceptors (Lipinski definition) is 1. The number of hydrogen-bond donors (Lipinski definition) is 0. The summed E-state index contributed by atoms with van der Waals surface area (Å²) in [6, 6.07) is 64.9. The molecule has 0 saturated heterocycles. The fraction of sp³-hybridized carbons (Fsp3) is 0.0612. The zero-order valence-corrected chi connectivity index (χ0v) is 27.7. The molecule has 8 aromatic rings. The highest BCUT2D eigenvalue weighted by Crippen LogP contribution is 2.66. The van der Waals surface area contributed by atoms with Crippen LogP contribution in [-0.2, 0) is 10.8 Å². The monoisotopic (exact) mass is 636 g/mol. The van der Waals surface area contributed by atoms with Crippen molar-refractivity contribution in [2.24, 2.45) is 0 Å². The highest BCUT2D eigenvalue weighted by atomic mass is 16.5. The molecule has 50 heavy (non-hydrogen) atoms. The summed E-state index contributed by atoms with van der Waals surface area (Å²) in [4.78, 5) is 0. The zero-order valence-electron chi connectivity index (χ0n) is 27.7. The standard InChI is InChI=1S/C49H32O/c1-48(32-16-3-2-4-17-32)42-26-11-12-28-44(42)50-47-39(23-14-27-43(47)48)37-22-13-21-36-34-19-7-9-24-40(34)49(46(36)37)41-25-10-8-20-35(41)38-30-29-31-15-5-6-18-33(31)45(38)49/h2-30H,1H3. The van der Waals surface area contributed by atoms with E-state index < -0.39 is 10.8 Å². The van der Waals surface area contributed by atoms with Crippen molar-refractivity contribution in [1.82, 2.24) is 0 Å². The summed E-state index contributed by atoms with van der Waals surface area (Å²) in [6.07, 6.45) is 0. The van der Waals surface area contributed by atoms with Crippen molar-refractivity contribution < 1.29 is 4.74 Å². The molecule has 3 aliphatic rings. The first-order chi connectivity index (χ1) is 24.7. The van der Waals surface area contributed by atoms with Gasteiger partial charge in [-0.1, -0.05) is 170 Å². The lowest BCUT2D eigenvalue weighted by molar-refractivity contribution is 0.429. The molecule has 1 heteroatoms. The summed E-state index contributed by atoms with van der Waals surface area (Å²) >= 11 is 0. The minimum atomic E-state index is -0.507. The maximum atomic E-state index is 7.08. The molecule has 1 spiro atoms. The Labute approximate surface area is 292 Å². The van der Waals surface area contributed by atoms with Crippen molar-refractivity contribution in [3.8, 4) is 44.9 Å². The second-order valence-corrected chi connectivity index (χ2v) is 14.1. The Morgan fingerprint density at radius 2 is 0.920 bits per heavy atom. The lowest BCUT2D eigenvalue weighted by atomic mass is 9.66. The van der Waals surface area contributed by atoms with Crippen LogP contribution in [-0.4, -0.2) is 0 Å². The van der Waals surface area contributed by atoms with Gasteiger partial charge in [-0.2, -0.15) is 0 Å². The van der Waals surface area contributed by atoms with E-state index >= 15 is 0 Å². The summed E-state index contributed by atoms with van der Waals surface area (Å²) in [7, 11) is 0. The molecule has 0 fully saturated rings. The predicted octanol–water partition coefficient (Wildman–Crippen LogP) is 12.3. The van der Waals surface area contributed by atoms with Crippen LogP contribution in [0.3, 0.4) is 0 Å². The number of para-hydroxylation sites is 2. The Kier molecular flexibility index (Phi) is 5.51. The van der Waals surface area contributed by atoms with E-state index in [1.807, 2.05) is 0 Å². The lowest BCUT2D eigenvalue weighted by Crippen LogP contribution is -2.30. The molecule has 0 aromatic heterocycles. The first-order valence-electron chi connectivity index (χ1n) is 17.5. The van der Waals surface area contributed by atoms with Crippen molar-refractivity contribution in [3.05, 3.63) is 215 Å². The SMILES string of the molecule is CC1(c2ccccc2)c2ccccc2Oc2c(-c3cccc4c3C3(c5ccccc5-4)c4ccccc4-c4ccc5ccccc5c43)cccc21. The van der Waals surface area contributed by atoms with Crippen LogP contribution in [0.4, 0.5) is 0 Å². The number of ether oxygens (including phenoxy) is 1. The molecule has 2 unspecified atom stereocenters. The van der Waals surface area contributed by atoms with Crippen molar-refractivity contribution in [3.63, 3.8) is 0 Å². The third kappa shape index (κ3) is 3.32. The largest absolute Gasteiger partial charge is 0.456 e. The van der Waals surface area contributed by atoms with E-state index in [4.69, 9.17) is 4.74 Å². The van der Waals surface area contributed by atoms with E-state index in [0.29, 0.717) is 0 Å². The third-order valence-electron chi connectivity index (χ3n) is 11.8. The van der Waals surface area contributed by atoms with Gasteiger partial charge in [-0.25, -0.2) is 0 Å². The Balaban J connectivity index is 1.28. The summed E-state index contributed by atoms with van der Waals surface area (Å²) in [6.45, 7) is 2.36. The van der Waals surface area contributed by atoms with Crippen LogP contribution in [0, 0.1) is 0 Å². The van der Waals surface area contributed by atoms with Gasteiger partial charge < -0.3 is 4.74 Å². The Morgan fingerprint density at radius 3 is 1.70 bits per heavy atom. The van der Waals surface area contributed by atoms with E-state index in [2.05, 4.69) is 183 Å². The average Bonchev–Trinajstić information content (AvgIpc) is 3.66. The third-order valence-corrected chi connectivity index (χ3v) is 11.8. The Morgan fingerprint density at radius 1 is 0.380 bits per heavy atom. The summed E-state index contributed by atoms with van der Waals surface area (Å²) in [5, 5.41) is 2.56. The first kappa shape index (κ1) is 27.7. The summed E-state index contributed by atoms with van der Waals surface area (Å²) in [5.41, 5.74) is 15.6. The van der Waals surface area contributed by atoms with Crippen molar-refractivity contribution in [2.45, 2.75) is 17.8 Å². The van der Waals surface area contributed by atoms with E-state index in [1.165, 1.54) is 77.5 Å². The molecule has 0 amide bonds. The van der Waals surface area contributed by atoms with Crippen LogP contribution in [0.5, 0.6) is 11.5 Å². The molecule has 1 nitrogen and oxygen atoms in total. The molecule has 0 saturated carbocycles. The summed E-state index contributed by atoms with van der Waals surface area (Å²) in [5.74, 6) is 1.84. The van der Waals surface area contributed by atoms with Crippen LogP contribution in [0.1, 0.15) is 45.9 Å². The molecule has 8 aromatic carbocycles. The van der Waals surface area contributed by atoms with Gasteiger partial charge in [0.25, 0.3) is 0 Å². The molecule has 1 heterocycles. The van der Waals surface area contributed by atoms with Crippen LogP contribution in [0.15, 0.2) is 176 Å². The molecule has 11 rings (SSSR count). The maximum absolute atomic E-state index is 7.08. The van der Waals surface area contributed by atoms with Gasteiger partial charge in [0.1, 0.15) is 11.5 Å². The van der Waals surface area contributed by atoms with Crippen molar-refractivity contribution >= 4 is 10.8 Å². The molecular formula is C49H32O. The van der Waals surface area contributed by atoms with Gasteiger partial charge in [0, 0.05) is 22.1 Å². The molecule has 0 bridgehead atoms. The van der Waals surface area contributed by atoms with Crippen LogP contribution < -0.4 is 4.74 Å². The zero-order chi connectivity index (χ0) is 33.0. The second-order valence-electron chi connectivity index (χ2n) is 14.1. The fourth-order valence-electron chi connectivity index (χ4n) is 9.76. The van der Waals surface area contributed by atoms with Crippen molar-refractivity contribution in [2.75, 3.05) is 0 Å². The Bertz CT molecular complexity index is 2690. The second kappa shape index (κ2) is 9.94. The molecule has 2 atom stereocenters. The van der Waals surface area contributed by atoms with Crippen LogP contribution >= 0.6 is 0 Å². The highest BCUT2D eigenvalue weighted by Gasteiger charge is 2.54. The van der Waals surface area contributed by atoms with Gasteiger partial charge >= 0.3 is 0 Å². The number of fused-ring (bicyclic) bond motifs is 14. The van der Waals surface area contributed by atoms with E-state index in [1.54, 1.807) is 0 Å². The van der Waals surface area contributed by atoms with Crippen LogP contribution in [0.2, 0.25) is 0 Å². The van der Waals surface area contributed by atoms with Gasteiger partial charge in [0.2, 0.25) is 0 Å². The predicted molar refractivity (Wildman–Crippen MR) is 204 cm³/mol. The van der Waals surface area contributed by atoms with E-state index in [9.17, 15) is 0 Å². The van der Waals surface area contributed by atoms with E-state index in [0.717, 1.165) is 17.1 Å². The summed E-state index contributed by atoms with van der Waals surface area (Å²) < 4.78 is 7.08. The molecule has 1 aliphatic heterocycles. The van der Waals surface area contributed by atoms with E-state index in [-0.39, 0.29) is 0 Å². The van der Waals surface area contributed by atoms with Crippen molar-refractivity contribution in [1.29, 1.82) is 0 Å². The fourth-order valence-corrected chi connectivity index (χ4v) is 9.76. The number of benzene rings is 8. The minimum Gasteiger partial charge on any atom is -0.456 e. The molecule has 0 N–H and O–H groups in total. The average molecular weight is 637 g/mol. The molecule has 0 radical (unpaired) electrons. The number of rotatable bonds is 2. The molecular weight excluding hydrogens is 605 g/mol. The smallest absolute Gasteiger partial charge is 0.139 e. The van der Waals surface area contributed by atoms with Crippen LogP contribution in [0.25, 0.3) is 44.2 Å². The van der Waals surface area contributed by atoms with Gasteiger partial charge in [-0.05, 0) is 79.4 Å².